The molecule has 2 atom stereocenters. The van der Waals surface area contributed by atoms with Gasteiger partial charge in [-0.25, -0.2) is 0 Å². The highest BCUT2D eigenvalue weighted by molar-refractivity contribution is 9.10. The fourth-order valence-electron chi connectivity index (χ4n) is 2.15. The molecule has 94 valence electrons. The molecule has 1 heterocycles. The summed E-state index contributed by atoms with van der Waals surface area (Å²) in [4.78, 5) is 11.8. The molecule has 1 saturated carbocycles. The van der Waals surface area contributed by atoms with Crippen molar-refractivity contribution in [1.29, 1.82) is 0 Å². The highest BCUT2D eigenvalue weighted by Gasteiger charge is 2.26. The second-order valence-corrected chi connectivity index (χ2v) is 6.52. The number of hydrogen-bond donors (Lipinski definition) is 1. The number of carbonyl (C=O) groups is 1. The van der Waals surface area contributed by atoms with Crippen LogP contribution >= 0.6 is 27.7 Å². The molecule has 1 amide bonds. The van der Waals surface area contributed by atoms with Crippen molar-refractivity contribution in [1.82, 2.24) is 5.32 Å². The van der Waals surface area contributed by atoms with Crippen LogP contribution in [0.1, 0.15) is 36.7 Å². The van der Waals surface area contributed by atoms with Crippen LogP contribution in [-0.2, 0) is 0 Å². The van der Waals surface area contributed by atoms with Crippen molar-refractivity contribution in [2.75, 3.05) is 5.75 Å². The van der Waals surface area contributed by atoms with E-state index in [0.29, 0.717) is 21.7 Å². The van der Waals surface area contributed by atoms with Crippen molar-refractivity contribution in [3.05, 3.63) is 22.6 Å². The van der Waals surface area contributed by atoms with Gasteiger partial charge >= 0.3 is 0 Å². The molecule has 5 heteroatoms. The van der Waals surface area contributed by atoms with Gasteiger partial charge in [-0.3, -0.25) is 4.79 Å². The molecule has 0 saturated heterocycles. The minimum absolute atomic E-state index is 0.108. The van der Waals surface area contributed by atoms with Crippen LogP contribution in [0.3, 0.4) is 0 Å². The van der Waals surface area contributed by atoms with Crippen LogP contribution in [0.5, 0.6) is 0 Å². The maximum absolute atomic E-state index is 11.8. The molecule has 0 aliphatic heterocycles. The summed E-state index contributed by atoms with van der Waals surface area (Å²) in [6.07, 6.45) is 3.35. The number of furan rings is 1. The van der Waals surface area contributed by atoms with E-state index in [1.54, 1.807) is 12.1 Å². The molecule has 2 unspecified atom stereocenters. The zero-order valence-electron chi connectivity index (χ0n) is 9.74. The summed E-state index contributed by atoms with van der Waals surface area (Å²) in [5.74, 6) is 1.42. The van der Waals surface area contributed by atoms with Crippen molar-refractivity contribution >= 4 is 33.6 Å². The van der Waals surface area contributed by atoms with E-state index in [2.05, 4.69) is 28.2 Å². The van der Waals surface area contributed by atoms with Crippen molar-refractivity contribution in [2.45, 2.75) is 37.5 Å². The highest BCUT2D eigenvalue weighted by atomic mass is 79.9. The zero-order valence-corrected chi connectivity index (χ0v) is 12.1. The Morgan fingerprint density at radius 3 is 3.06 bits per heavy atom. The molecule has 0 radical (unpaired) electrons. The van der Waals surface area contributed by atoms with Crippen molar-refractivity contribution in [3.63, 3.8) is 0 Å². The molecule has 0 bridgehead atoms. The highest BCUT2D eigenvalue weighted by Crippen LogP contribution is 2.29. The van der Waals surface area contributed by atoms with Gasteiger partial charge in [-0.05, 0) is 53.1 Å². The summed E-state index contributed by atoms with van der Waals surface area (Å²) >= 11 is 5.18. The number of halogens is 1. The number of hydrogen-bond acceptors (Lipinski definition) is 3. The first-order valence-electron chi connectivity index (χ1n) is 5.87. The average molecular weight is 318 g/mol. The van der Waals surface area contributed by atoms with Crippen LogP contribution < -0.4 is 5.32 Å². The lowest BCUT2D eigenvalue weighted by molar-refractivity contribution is 0.0908. The van der Waals surface area contributed by atoms with Crippen LogP contribution in [-0.4, -0.2) is 23.0 Å². The Morgan fingerprint density at radius 1 is 1.59 bits per heavy atom. The number of carbonyl (C=O) groups excluding carboxylic acids is 1. The molecule has 1 fully saturated rings. The van der Waals surface area contributed by atoms with Gasteiger partial charge in [0.1, 0.15) is 0 Å². The van der Waals surface area contributed by atoms with E-state index in [0.717, 1.165) is 18.6 Å². The van der Waals surface area contributed by atoms with E-state index in [4.69, 9.17) is 4.42 Å². The predicted molar refractivity (Wildman–Crippen MR) is 73.4 cm³/mol. The third-order valence-corrected chi connectivity index (χ3v) is 4.58. The Balaban J connectivity index is 1.84. The Hall–Kier alpha value is -0.420. The monoisotopic (exact) mass is 317 g/mol. The van der Waals surface area contributed by atoms with Gasteiger partial charge in [0.25, 0.3) is 5.91 Å². The van der Waals surface area contributed by atoms with Crippen LogP contribution in [0.15, 0.2) is 21.2 Å². The van der Waals surface area contributed by atoms with Gasteiger partial charge in [-0.15, -0.1) is 0 Å². The minimum atomic E-state index is -0.108. The quantitative estimate of drug-likeness (QED) is 0.924. The van der Waals surface area contributed by atoms with Crippen LogP contribution in [0, 0.1) is 0 Å². The zero-order chi connectivity index (χ0) is 12.3. The summed E-state index contributed by atoms with van der Waals surface area (Å²) in [6, 6.07) is 3.72. The molecule has 0 spiro atoms. The summed E-state index contributed by atoms with van der Waals surface area (Å²) in [6.45, 7) is 2.18. The van der Waals surface area contributed by atoms with Gasteiger partial charge in [0.05, 0.1) is 0 Å². The van der Waals surface area contributed by atoms with Gasteiger partial charge in [0.2, 0.25) is 0 Å². The summed E-state index contributed by atoms with van der Waals surface area (Å²) in [5.41, 5.74) is 0. The Bertz CT molecular complexity index is 394. The average Bonchev–Trinajstić information content (AvgIpc) is 2.88. The first-order chi connectivity index (χ1) is 8.19. The molecule has 0 aromatic carbocycles. The standard InChI is InChI=1S/C12H16BrNO2S/c1-2-17-9-4-3-8(7-9)14-12(15)10-5-6-11(13)16-10/h5-6,8-9H,2-4,7H2,1H3,(H,14,15). The van der Waals surface area contributed by atoms with Gasteiger partial charge in [-0.1, -0.05) is 6.92 Å². The van der Waals surface area contributed by atoms with Crippen molar-refractivity contribution in [2.24, 2.45) is 0 Å². The van der Waals surface area contributed by atoms with Gasteiger partial charge in [0.15, 0.2) is 10.4 Å². The fourth-order valence-corrected chi connectivity index (χ4v) is 3.60. The number of amides is 1. The maximum Gasteiger partial charge on any atom is 0.287 e. The first kappa shape index (κ1) is 13.0. The molecule has 1 aliphatic rings. The van der Waals surface area contributed by atoms with E-state index in [-0.39, 0.29) is 5.91 Å². The third kappa shape index (κ3) is 3.52. The predicted octanol–water partition coefficient (Wildman–Crippen LogP) is 3.45. The normalized spacial score (nSPS) is 23.9. The largest absolute Gasteiger partial charge is 0.444 e. The summed E-state index contributed by atoms with van der Waals surface area (Å²) in [5, 5.41) is 3.73. The number of nitrogens with one attached hydrogen (secondary N) is 1. The lowest BCUT2D eigenvalue weighted by atomic mass is 10.2. The molecule has 1 aliphatic carbocycles. The van der Waals surface area contributed by atoms with Gasteiger partial charge in [0, 0.05) is 11.3 Å². The topological polar surface area (TPSA) is 42.2 Å². The van der Waals surface area contributed by atoms with Crippen molar-refractivity contribution < 1.29 is 9.21 Å². The fraction of sp³-hybridized carbons (Fsp3) is 0.583. The van der Waals surface area contributed by atoms with Crippen LogP contribution in [0.2, 0.25) is 0 Å². The molecule has 3 nitrogen and oxygen atoms in total. The van der Waals surface area contributed by atoms with E-state index >= 15 is 0 Å². The molecule has 1 aromatic heterocycles. The summed E-state index contributed by atoms with van der Waals surface area (Å²) in [7, 11) is 0. The molecular weight excluding hydrogens is 302 g/mol. The Labute approximate surface area is 114 Å². The molecule has 1 N–H and O–H groups in total. The van der Waals surface area contributed by atoms with Gasteiger partial charge < -0.3 is 9.73 Å². The lowest BCUT2D eigenvalue weighted by Gasteiger charge is -2.11. The number of rotatable bonds is 4. The smallest absolute Gasteiger partial charge is 0.287 e. The van der Waals surface area contributed by atoms with Crippen LogP contribution in [0.25, 0.3) is 0 Å². The third-order valence-electron chi connectivity index (χ3n) is 2.92. The maximum atomic E-state index is 11.8. The Kier molecular flexibility index (Phi) is 4.56. The second-order valence-electron chi connectivity index (χ2n) is 4.16. The summed E-state index contributed by atoms with van der Waals surface area (Å²) < 4.78 is 5.82. The Morgan fingerprint density at radius 2 is 2.41 bits per heavy atom. The SMILES string of the molecule is CCSC1CCC(NC(=O)c2ccc(Br)o2)C1. The lowest BCUT2D eigenvalue weighted by Crippen LogP contribution is -2.32. The molecule has 17 heavy (non-hydrogen) atoms. The van der Waals surface area contributed by atoms with E-state index in [9.17, 15) is 4.79 Å². The van der Waals surface area contributed by atoms with E-state index in [1.165, 1.54) is 6.42 Å². The van der Waals surface area contributed by atoms with E-state index < -0.39 is 0 Å². The van der Waals surface area contributed by atoms with Crippen LogP contribution in [0.4, 0.5) is 0 Å². The van der Waals surface area contributed by atoms with E-state index in [1.807, 2.05) is 11.8 Å². The van der Waals surface area contributed by atoms with Gasteiger partial charge in [-0.2, -0.15) is 11.8 Å². The molecule has 2 rings (SSSR count). The number of thioether (sulfide) groups is 1. The first-order valence-corrected chi connectivity index (χ1v) is 7.71. The molecular formula is C12H16BrNO2S. The second kappa shape index (κ2) is 5.96. The molecule has 1 aromatic rings. The van der Waals surface area contributed by atoms with Crippen molar-refractivity contribution in [3.8, 4) is 0 Å². The minimum Gasteiger partial charge on any atom is -0.444 e.